The molecule has 9 heteroatoms. The molecule has 0 nitrogen and oxygen atoms in total. The van der Waals surface area contributed by atoms with E-state index in [0.717, 1.165) is 0 Å². The molecule has 0 saturated heterocycles. The summed E-state index contributed by atoms with van der Waals surface area (Å²) in [5.41, 5.74) is -5.64. The van der Waals surface area contributed by atoms with Crippen molar-refractivity contribution in [3.05, 3.63) is 0 Å². The molecule has 0 radical (unpaired) electrons. The van der Waals surface area contributed by atoms with E-state index in [4.69, 9.17) is 0 Å². The van der Waals surface area contributed by atoms with Crippen LogP contribution in [-0.4, -0.2) is 23.9 Å². The molecule has 0 aromatic carbocycles. The van der Waals surface area contributed by atoms with Crippen molar-refractivity contribution in [2.75, 3.05) is 0 Å². The molecule has 0 saturated carbocycles. The van der Waals surface area contributed by atoms with Gasteiger partial charge in [-0.3, -0.25) is 0 Å². The highest BCUT2D eigenvalue weighted by atomic mass is 19.4. The second-order valence-electron chi connectivity index (χ2n) is 3.44. The van der Waals surface area contributed by atoms with Crippen LogP contribution in [0.3, 0.4) is 0 Å². The normalized spacial score (nSPS) is 18.8. The molecule has 16 heavy (non-hydrogen) atoms. The highest BCUT2D eigenvalue weighted by Crippen LogP contribution is 2.55. The van der Waals surface area contributed by atoms with E-state index in [2.05, 4.69) is 0 Å². The van der Waals surface area contributed by atoms with Crippen molar-refractivity contribution in [2.45, 2.75) is 37.8 Å². The van der Waals surface area contributed by atoms with Crippen LogP contribution in [0.25, 0.3) is 0 Å². The van der Waals surface area contributed by atoms with Crippen LogP contribution >= 0.6 is 0 Å². The number of hydrogen-bond acceptors (Lipinski definition) is 0. The van der Waals surface area contributed by atoms with Crippen LogP contribution in [0, 0.1) is 5.92 Å². The largest absolute Gasteiger partial charge is 0.457 e. The fourth-order valence-electron chi connectivity index (χ4n) is 1.07. The molecule has 0 aliphatic heterocycles. The van der Waals surface area contributed by atoms with Gasteiger partial charge in [0.15, 0.2) is 0 Å². The summed E-state index contributed by atoms with van der Waals surface area (Å²) in [4.78, 5) is 0. The average molecular weight is 262 g/mol. The van der Waals surface area contributed by atoms with E-state index in [-0.39, 0.29) is 0 Å². The molecule has 0 aromatic heterocycles. The van der Waals surface area contributed by atoms with Gasteiger partial charge in [-0.2, -0.15) is 35.1 Å². The second kappa shape index (κ2) is 3.69. The van der Waals surface area contributed by atoms with Crippen LogP contribution in [-0.2, 0) is 0 Å². The van der Waals surface area contributed by atoms with E-state index in [1.165, 1.54) is 0 Å². The first-order chi connectivity index (χ1) is 6.69. The van der Waals surface area contributed by atoms with Gasteiger partial charge in [0.25, 0.3) is 5.67 Å². The maximum atomic E-state index is 13.1. The Kier molecular flexibility index (Phi) is 3.55. The molecule has 0 amide bonds. The van der Waals surface area contributed by atoms with Crippen molar-refractivity contribution in [3.63, 3.8) is 0 Å². The molecule has 0 aliphatic carbocycles. The predicted octanol–water partition coefficient (Wildman–Crippen LogP) is 4.11. The Hall–Kier alpha value is -0.630. The quantitative estimate of drug-likeness (QED) is 0.657. The topological polar surface area (TPSA) is 0 Å². The Morgan fingerprint density at radius 3 is 1.00 bits per heavy atom. The summed E-state index contributed by atoms with van der Waals surface area (Å²) in [6.45, 7) is 0.597. The van der Waals surface area contributed by atoms with Gasteiger partial charge in [-0.25, -0.2) is 4.39 Å². The monoisotopic (exact) mass is 262 g/mol. The molecule has 0 N–H and O–H groups in total. The summed E-state index contributed by atoms with van der Waals surface area (Å²) < 4.78 is 109. The second-order valence-corrected chi connectivity index (χ2v) is 3.44. The van der Waals surface area contributed by atoms with Gasteiger partial charge in [0.2, 0.25) is 0 Å². The molecule has 0 bridgehead atoms. The molecule has 0 heterocycles. The Balaban J connectivity index is 5.75. The molecule has 0 fully saturated rings. The zero-order valence-electron chi connectivity index (χ0n) is 7.98. The first-order valence-electron chi connectivity index (χ1n) is 3.89. The fourth-order valence-corrected chi connectivity index (χ4v) is 1.07. The third kappa shape index (κ3) is 1.95. The molecular formula is C7H7F9. The van der Waals surface area contributed by atoms with Crippen molar-refractivity contribution in [1.29, 1.82) is 0 Å². The third-order valence-electron chi connectivity index (χ3n) is 2.02. The van der Waals surface area contributed by atoms with Crippen LogP contribution in [0.5, 0.6) is 0 Å². The van der Waals surface area contributed by atoms with E-state index in [1.54, 1.807) is 0 Å². The van der Waals surface area contributed by atoms with Gasteiger partial charge in [-0.15, -0.1) is 0 Å². The zero-order chi connectivity index (χ0) is 13.6. The lowest BCUT2D eigenvalue weighted by Gasteiger charge is -2.38. The minimum Gasteiger partial charge on any atom is -0.226 e. The maximum absolute atomic E-state index is 13.1. The minimum atomic E-state index is -6.61. The molecular weight excluding hydrogens is 255 g/mol. The first-order valence-corrected chi connectivity index (χ1v) is 3.89. The molecule has 0 spiro atoms. The van der Waals surface area contributed by atoms with Gasteiger partial charge in [-0.1, -0.05) is 13.8 Å². The fraction of sp³-hybridized carbons (Fsp3) is 1.00. The van der Waals surface area contributed by atoms with Gasteiger partial charge < -0.3 is 0 Å². The highest BCUT2D eigenvalue weighted by molar-refractivity contribution is 5.05. The Morgan fingerprint density at radius 1 is 0.625 bits per heavy atom. The van der Waals surface area contributed by atoms with E-state index in [0.29, 0.717) is 13.8 Å². The standard InChI is InChI=1S/C7H7F9/c1-3(2)4(8,6(11,12)13)5(9,10)7(14,15)16/h3H,1-2H3. The van der Waals surface area contributed by atoms with Crippen molar-refractivity contribution in [3.8, 4) is 0 Å². The Bertz CT molecular complexity index is 248. The number of alkyl halides is 9. The van der Waals surface area contributed by atoms with Crippen molar-refractivity contribution in [1.82, 2.24) is 0 Å². The summed E-state index contributed by atoms with van der Waals surface area (Å²) in [5, 5.41) is 0. The summed E-state index contributed by atoms with van der Waals surface area (Å²) in [5.74, 6) is -9.07. The molecule has 98 valence electrons. The van der Waals surface area contributed by atoms with Crippen LogP contribution < -0.4 is 0 Å². The SMILES string of the molecule is CC(C)C(F)(C(F)(F)F)C(F)(F)C(F)(F)F. The van der Waals surface area contributed by atoms with Gasteiger partial charge >= 0.3 is 18.3 Å². The smallest absolute Gasteiger partial charge is 0.226 e. The average Bonchev–Trinajstić information content (AvgIpc) is 1.97. The van der Waals surface area contributed by atoms with Crippen LogP contribution in [0.15, 0.2) is 0 Å². The Labute approximate surface area is 84.4 Å². The van der Waals surface area contributed by atoms with Gasteiger partial charge in [0.05, 0.1) is 0 Å². The van der Waals surface area contributed by atoms with E-state index < -0.39 is 29.9 Å². The summed E-state index contributed by atoms with van der Waals surface area (Å²) in [7, 11) is 0. The first kappa shape index (κ1) is 15.4. The minimum absolute atomic E-state index is 0.299. The molecule has 1 unspecified atom stereocenters. The van der Waals surface area contributed by atoms with Gasteiger partial charge in [0, 0.05) is 5.92 Å². The molecule has 0 aromatic rings. The molecule has 0 rings (SSSR count). The van der Waals surface area contributed by atoms with Crippen molar-refractivity contribution >= 4 is 0 Å². The van der Waals surface area contributed by atoms with Gasteiger partial charge in [0.1, 0.15) is 0 Å². The van der Waals surface area contributed by atoms with Crippen LogP contribution in [0.1, 0.15) is 13.8 Å². The Morgan fingerprint density at radius 2 is 0.938 bits per heavy atom. The van der Waals surface area contributed by atoms with Gasteiger partial charge in [-0.05, 0) is 0 Å². The lowest BCUT2D eigenvalue weighted by molar-refractivity contribution is -0.392. The summed E-state index contributed by atoms with van der Waals surface area (Å²) >= 11 is 0. The number of halogens is 9. The van der Waals surface area contributed by atoms with Crippen molar-refractivity contribution in [2.24, 2.45) is 5.92 Å². The van der Waals surface area contributed by atoms with Crippen molar-refractivity contribution < 1.29 is 39.5 Å². The number of rotatable bonds is 2. The van der Waals surface area contributed by atoms with Crippen LogP contribution in [0.4, 0.5) is 39.5 Å². The lowest BCUT2D eigenvalue weighted by Crippen LogP contribution is -2.64. The van der Waals surface area contributed by atoms with E-state index in [9.17, 15) is 39.5 Å². The van der Waals surface area contributed by atoms with Crippen LogP contribution in [0.2, 0.25) is 0 Å². The lowest BCUT2D eigenvalue weighted by atomic mass is 9.84. The summed E-state index contributed by atoms with van der Waals surface area (Å²) in [6, 6.07) is 0. The summed E-state index contributed by atoms with van der Waals surface area (Å²) in [6.07, 6.45) is -12.9. The molecule has 1 atom stereocenters. The number of hydrogen-bond donors (Lipinski definition) is 0. The zero-order valence-corrected chi connectivity index (χ0v) is 7.98. The maximum Gasteiger partial charge on any atom is 0.457 e. The highest BCUT2D eigenvalue weighted by Gasteiger charge is 2.81. The van der Waals surface area contributed by atoms with E-state index in [1.807, 2.05) is 0 Å². The van der Waals surface area contributed by atoms with E-state index >= 15 is 0 Å². The predicted molar refractivity (Wildman–Crippen MR) is 35.7 cm³/mol. The third-order valence-corrected chi connectivity index (χ3v) is 2.02. The molecule has 0 aliphatic rings.